The lowest BCUT2D eigenvalue weighted by Gasteiger charge is -2.18. The number of aliphatic imine (C=N–C) groups is 1. The van der Waals surface area contributed by atoms with Crippen LogP contribution >= 0.6 is 0 Å². The standard InChI is InChI=1S/C11H14N2/c1-2-6-10(7-3-1)13-11-8-4-5-9-12-11/h1-3,6-7,9,11,13H,4-5,8H2. The van der Waals surface area contributed by atoms with Crippen LogP contribution in [0.2, 0.25) is 0 Å². The van der Waals surface area contributed by atoms with Crippen LogP contribution in [0.5, 0.6) is 0 Å². The van der Waals surface area contributed by atoms with Gasteiger partial charge in [-0.3, -0.25) is 4.99 Å². The van der Waals surface area contributed by atoms with Gasteiger partial charge in [0.25, 0.3) is 0 Å². The Bertz CT molecular complexity index is 279. The normalized spacial score (nSPS) is 21.4. The number of rotatable bonds is 2. The van der Waals surface area contributed by atoms with Crippen LogP contribution in [0.15, 0.2) is 35.3 Å². The van der Waals surface area contributed by atoms with Crippen LogP contribution in [0.4, 0.5) is 5.69 Å². The van der Waals surface area contributed by atoms with Crippen molar-refractivity contribution < 1.29 is 0 Å². The molecule has 0 amide bonds. The summed E-state index contributed by atoms with van der Waals surface area (Å²) in [4.78, 5) is 4.39. The summed E-state index contributed by atoms with van der Waals surface area (Å²) < 4.78 is 0. The molecule has 1 aromatic carbocycles. The molecule has 0 radical (unpaired) electrons. The number of anilines is 1. The van der Waals surface area contributed by atoms with Gasteiger partial charge in [0, 0.05) is 11.9 Å². The molecule has 1 N–H and O–H groups in total. The summed E-state index contributed by atoms with van der Waals surface area (Å²) in [6.07, 6.45) is 5.83. The third-order valence-corrected chi connectivity index (χ3v) is 2.20. The Morgan fingerprint density at radius 2 is 2.08 bits per heavy atom. The molecular weight excluding hydrogens is 160 g/mol. The minimum Gasteiger partial charge on any atom is -0.364 e. The second kappa shape index (κ2) is 4.08. The maximum atomic E-state index is 4.39. The molecule has 68 valence electrons. The first-order chi connectivity index (χ1) is 6.45. The summed E-state index contributed by atoms with van der Waals surface area (Å²) >= 11 is 0. The third-order valence-electron chi connectivity index (χ3n) is 2.20. The number of para-hydroxylation sites is 1. The first kappa shape index (κ1) is 8.30. The average molecular weight is 174 g/mol. The van der Waals surface area contributed by atoms with Gasteiger partial charge in [-0.15, -0.1) is 0 Å². The Hall–Kier alpha value is -1.31. The van der Waals surface area contributed by atoms with Crippen molar-refractivity contribution in [1.29, 1.82) is 0 Å². The maximum absolute atomic E-state index is 4.39. The van der Waals surface area contributed by atoms with E-state index in [0.29, 0.717) is 0 Å². The zero-order valence-corrected chi connectivity index (χ0v) is 7.61. The Morgan fingerprint density at radius 1 is 1.23 bits per heavy atom. The second-order valence-electron chi connectivity index (χ2n) is 3.29. The van der Waals surface area contributed by atoms with Crippen LogP contribution < -0.4 is 5.32 Å². The summed E-state index contributed by atoms with van der Waals surface area (Å²) in [6, 6.07) is 10.2. The number of benzene rings is 1. The number of hydrogen-bond donors (Lipinski definition) is 1. The van der Waals surface area contributed by atoms with Crippen LogP contribution in [0.3, 0.4) is 0 Å². The van der Waals surface area contributed by atoms with Gasteiger partial charge in [-0.1, -0.05) is 18.2 Å². The van der Waals surface area contributed by atoms with Gasteiger partial charge in [0.2, 0.25) is 0 Å². The molecule has 0 bridgehead atoms. The number of nitrogens with one attached hydrogen (secondary N) is 1. The molecule has 1 atom stereocenters. The molecule has 1 aliphatic heterocycles. The Kier molecular flexibility index (Phi) is 2.60. The number of nitrogens with zero attached hydrogens (tertiary/aromatic N) is 1. The molecule has 1 aliphatic rings. The zero-order chi connectivity index (χ0) is 8.93. The molecule has 0 fully saturated rings. The van der Waals surface area contributed by atoms with Crippen molar-refractivity contribution in [3.8, 4) is 0 Å². The van der Waals surface area contributed by atoms with Gasteiger partial charge in [0.1, 0.15) is 6.17 Å². The molecule has 0 aliphatic carbocycles. The summed E-state index contributed by atoms with van der Waals surface area (Å²) in [5.74, 6) is 0. The number of hydrogen-bond acceptors (Lipinski definition) is 2. The molecule has 0 spiro atoms. The molecular formula is C11H14N2. The van der Waals surface area contributed by atoms with Crippen molar-refractivity contribution >= 4 is 11.9 Å². The van der Waals surface area contributed by atoms with Crippen LogP contribution in [0.25, 0.3) is 0 Å². The quantitative estimate of drug-likeness (QED) is 0.732. The smallest absolute Gasteiger partial charge is 0.118 e. The Labute approximate surface area is 78.7 Å². The molecule has 1 aromatic rings. The van der Waals surface area contributed by atoms with Crippen molar-refractivity contribution in [2.75, 3.05) is 5.32 Å². The minimum absolute atomic E-state index is 0.288. The SMILES string of the molecule is C1=NC(Nc2ccccc2)CCC1. The molecule has 13 heavy (non-hydrogen) atoms. The summed E-state index contributed by atoms with van der Waals surface area (Å²) in [7, 11) is 0. The van der Waals surface area contributed by atoms with Crippen molar-refractivity contribution in [1.82, 2.24) is 0 Å². The van der Waals surface area contributed by atoms with Gasteiger partial charge in [-0.25, -0.2) is 0 Å². The molecule has 0 aromatic heterocycles. The summed E-state index contributed by atoms with van der Waals surface area (Å²) in [5.41, 5.74) is 1.16. The topological polar surface area (TPSA) is 24.4 Å². The van der Waals surface area contributed by atoms with E-state index in [-0.39, 0.29) is 6.17 Å². The predicted molar refractivity (Wildman–Crippen MR) is 56.2 cm³/mol. The highest BCUT2D eigenvalue weighted by Crippen LogP contribution is 2.13. The monoisotopic (exact) mass is 174 g/mol. The van der Waals surface area contributed by atoms with E-state index in [1.54, 1.807) is 0 Å². The lowest BCUT2D eigenvalue weighted by atomic mass is 10.1. The fourth-order valence-corrected chi connectivity index (χ4v) is 1.52. The fourth-order valence-electron chi connectivity index (χ4n) is 1.52. The van der Waals surface area contributed by atoms with Gasteiger partial charge >= 0.3 is 0 Å². The van der Waals surface area contributed by atoms with Crippen molar-refractivity contribution in [2.24, 2.45) is 4.99 Å². The van der Waals surface area contributed by atoms with E-state index in [1.807, 2.05) is 24.4 Å². The van der Waals surface area contributed by atoms with Gasteiger partial charge in [0.15, 0.2) is 0 Å². The van der Waals surface area contributed by atoms with E-state index in [2.05, 4.69) is 22.4 Å². The molecule has 2 rings (SSSR count). The van der Waals surface area contributed by atoms with E-state index < -0.39 is 0 Å². The zero-order valence-electron chi connectivity index (χ0n) is 7.61. The van der Waals surface area contributed by atoms with E-state index >= 15 is 0 Å². The summed E-state index contributed by atoms with van der Waals surface area (Å²) in [6.45, 7) is 0. The highest BCUT2D eigenvalue weighted by molar-refractivity contribution is 5.59. The Morgan fingerprint density at radius 3 is 2.77 bits per heavy atom. The van der Waals surface area contributed by atoms with Crippen LogP contribution in [-0.4, -0.2) is 12.4 Å². The van der Waals surface area contributed by atoms with Crippen LogP contribution in [0, 0.1) is 0 Å². The third kappa shape index (κ3) is 2.31. The average Bonchev–Trinajstić information content (AvgIpc) is 2.21. The first-order valence-corrected chi connectivity index (χ1v) is 4.78. The second-order valence-corrected chi connectivity index (χ2v) is 3.29. The van der Waals surface area contributed by atoms with Gasteiger partial charge < -0.3 is 5.32 Å². The fraction of sp³-hybridized carbons (Fsp3) is 0.364. The van der Waals surface area contributed by atoms with Gasteiger partial charge in [-0.05, 0) is 31.4 Å². The molecule has 2 heteroatoms. The molecule has 1 heterocycles. The molecule has 1 unspecified atom stereocenters. The summed E-state index contributed by atoms with van der Waals surface area (Å²) in [5, 5.41) is 3.38. The van der Waals surface area contributed by atoms with Crippen molar-refractivity contribution in [3.05, 3.63) is 30.3 Å². The Balaban J connectivity index is 1.98. The highest BCUT2D eigenvalue weighted by atomic mass is 15.1. The minimum atomic E-state index is 0.288. The highest BCUT2D eigenvalue weighted by Gasteiger charge is 2.07. The van der Waals surface area contributed by atoms with Crippen molar-refractivity contribution in [3.63, 3.8) is 0 Å². The lowest BCUT2D eigenvalue weighted by molar-refractivity contribution is 0.628. The largest absolute Gasteiger partial charge is 0.364 e. The lowest BCUT2D eigenvalue weighted by Crippen LogP contribution is -2.19. The van der Waals surface area contributed by atoms with Crippen molar-refractivity contribution in [2.45, 2.75) is 25.4 Å². The van der Waals surface area contributed by atoms with E-state index in [1.165, 1.54) is 6.42 Å². The molecule has 2 nitrogen and oxygen atoms in total. The van der Waals surface area contributed by atoms with Crippen LogP contribution in [-0.2, 0) is 0 Å². The van der Waals surface area contributed by atoms with E-state index in [0.717, 1.165) is 18.5 Å². The predicted octanol–water partition coefficient (Wildman–Crippen LogP) is 2.68. The van der Waals surface area contributed by atoms with Crippen LogP contribution in [0.1, 0.15) is 19.3 Å². The maximum Gasteiger partial charge on any atom is 0.118 e. The van der Waals surface area contributed by atoms with E-state index in [4.69, 9.17) is 0 Å². The first-order valence-electron chi connectivity index (χ1n) is 4.78. The molecule has 0 saturated heterocycles. The van der Waals surface area contributed by atoms with Gasteiger partial charge in [-0.2, -0.15) is 0 Å². The van der Waals surface area contributed by atoms with Gasteiger partial charge in [0.05, 0.1) is 0 Å². The molecule has 0 saturated carbocycles. The van der Waals surface area contributed by atoms with E-state index in [9.17, 15) is 0 Å².